The van der Waals surface area contributed by atoms with Crippen molar-refractivity contribution < 1.29 is 4.79 Å². The SMILES string of the molecule is NC(=O)CC#Cc1cccc2[nH]cnc12. The van der Waals surface area contributed by atoms with Crippen molar-refractivity contribution in [3.05, 3.63) is 30.1 Å². The summed E-state index contributed by atoms with van der Waals surface area (Å²) in [7, 11) is 0. The highest BCUT2D eigenvalue weighted by Gasteiger charge is 1.99. The highest BCUT2D eigenvalue weighted by molar-refractivity contribution is 5.82. The first-order valence-corrected chi connectivity index (χ1v) is 4.46. The number of nitrogens with two attached hydrogens (primary N) is 1. The van der Waals surface area contributed by atoms with Crippen molar-refractivity contribution in [2.45, 2.75) is 6.42 Å². The van der Waals surface area contributed by atoms with Gasteiger partial charge in [-0.15, -0.1) is 0 Å². The Bertz CT molecular complexity index is 560. The lowest BCUT2D eigenvalue weighted by Gasteiger charge is -1.91. The Labute approximate surface area is 86.5 Å². The minimum atomic E-state index is -0.420. The van der Waals surface area contributed by atoms with Crippen LogP contribution in [0.3, 0.4) is 0 Å². The molecule has 3 N–H and O–H groups in total. The Morgan fingerprint density at radius 2 is 2.40 bits per heavy atom. The fourth-order valence-electron chi connectivity index (χ4n) is 1.29. The van der Waals surface area contributed by atoms with Crippen LogP contribution in [-0.4, -0.2) is 15.9 Å². The molecule has 0 atom stereocenters. The molecule has 0 saturated heterocycles. The first-order chi connectivity index (χ1) is 7.27. The lowest BCUT2D eigenvalue weighted by molar-refractivity contribution is -0.117. The van der Waals surface area contributed by atoms with Crippen LogP contribution < -0.4 is 5.73 Å². The molecule has 0 saturated carbocycles. The monoisotopic (exact) mass is 199 g/mol. The Balaban J connectivity index is 2.37. The molecule has 1 heterocycles. The van der Waals surface area contributed by atoms with Gasteiger partial charge < -0.3 is 10.7 Å². The van der Waals surface area contributed by atoms with E-state index in [2.05, 4.69) is 21.8 Å². The standard InChI is InChI=1S/C11H9N3O/c12-10(15)6-2-4-8-3-1-5-9-11(8)14-7-13-9/h1,3,5,7H,6H2,(H2,12,15)(H,13,14). The number of imidazole rings is 1. The summed E-state index contributed by atoms with van der Waals surface area (Å²) in [5.41, 5.74) is 7.53. The molecule has 2 rings (SSSR count). The van der Waals surface area contributed by atoms with Gasteiger partial charge in [-0.1, -0.05) is 17.9 Å². The molecule has 2 aromatic rings. The van der Waals surface area contributed by atoms with Gasteiger partial charge in [-0.25, -0.2) is 4.98 Å². The zero-order valence-electron chi connectivity index (χ0n) is 7.95. The van der Waals surface area contributed by atoms with E-state index >= 15 is 0 Å². The average molecular weight is 199 g/mol. The molecule has 0 bridgehead atoms. The van der Waals surface area contributed by atoms with Gasteiger partial charge in [-0.05, 0) is 12.1 Å². The normalized spacial score (nSPS) is 9.60. The summed E-state index contributed by atoms with van der Waals surface area (Å²) in [5, 5.41) is 0. The Hall–Kier alpha value is -2.28. The van der Waals surface area contributed by atoms with Crippen LogP contribution in [-0.2, 0) is 4.79 Å². The highest BCUT2D eigenvalue weighted by Crippen LogP contribution is 2.12. The summed E-state index contributed by atoms with van der Waals surface area (Å²) >= 11 is 0. The van der Waals surface area contributed by atoms with Crippen LogP contribution in [0.5, 0.6) is 0 Å². The maximum atomic E-state index is 10.5. The van der Waals surface area contributed by atoms with Crippen molar-refractivity contribution in [2.24, 2.45) is 5.73 Å². The molecular weight excluding hydrogens is 190 g/mol. The number of benzene rings is 1. The summed E-state index contributed by atoms with van der Waals surface area (Å²) in [6.07, 6.45) is 1.69. The van der Waals surface area contributed by atoms with E-state index < -0.39 is 5.91 Å². The second-order valence-corrected chi connectivity index (χ2v) is 3.05. The number of nitrogens with one attached hydrogen (secondary N) is 1. The molecule has 15 heavy (non-hydrogen) atoms. The number of carbonyl (C=O) groups is 1. The van der Waals surface area contributed by atoms with Crippen LogP contribution in [0.1, 0.15) is 12.0 Å². The molecule has 1 amide bonds. The number of aromatic nitrogens is 2. The zero-order valence-corrected chi connectivity index (χ0v) is 7.95. The third kappa shape index (κ3) is 1.97. The van der Waals surface area contributed by atoms with Crippen LogP contribution in [0.4, 0.5) is 0 Å². The van der Waals surface area contributed by atoms with E-state index in [1.54, 1.807) is 6.33 Å². The van der Waals surface area contributed by atoms with Crippen LogP contribution in [0.15, 0.2) is 24.5 Å². The summed E-state index contributed by atoms with van der Waals surface area (Å²) in [5.74, 6) is 5.16. The Morgan fingerprint density at radius 1 is 1.53 bits per heavy atom. The molecule has 0 unspecified atom stereocenters. The van der Waals surface area contributed by atoms with Crippen molar-refractivity contribution in [3.8, 4) is 11.8 Å². The second kappa shape index (κ2) is 3.84. The number of H-pyrrole nitrogens is 1. The molecule has 4 nitrogen and oxygen atoms in total. The molecule has 0 aliphatic carbocycles. The molecule has 0 fully saturated rings. The maximum absolute atomic E-state index is 10.5. The molecule has 1 aromatic heterocycles. The van der Waals surface area contributed by atoms with E-state index in [1.807, 2.05) is 18.2 Å². The lowest BCUT2D eigenvalue weighted by Crippen LogP contribution is -2.08. The van der Waals surface area contributed by atoms with Crippen molar-refractivity contribution >= 4 is 16.9 Å². The number of rotatable bonds is 1. The van der Waals surface area contributed by atoms with Crippen LogP contribution in [0.25, 0.3) is 11.0 Å². The number of fused-ring (bicyclic) bond motifs is 1. The molecule has 0 spiro atoms. The van der Waals surface area contributed by atoms with Crippen molar-refractivity contribution in [1.82, 2.24) is 9.97 Å². The highest BCUT2D eigenvalue weighted by atomic mass is 16.1. The fourth-order valence-corrected chi connectivity index (χ4v) is 1.29. The smallest absolute Gasteiger partial charge is 0.229 e. The number of carbonyl (C=O) groups excluding carboxylic acids is 1. The van der Waals surface area contributed by atoms with E-state index in [-0.39, 0.29) is 6.42 Å². The number of para-hydroxylation sites is 1. The van der Waals surface area contributed by atoms with Gasteiger partial charge >= 0.3 is 0 Å². The van der Waals surface area contributed by atoms with E-state index in [1.165, 1.54) is 0 Å². The van der Waals surface area contributed by atoms with Crippen LogP contribution in [0, 0.1) is 11.8 Å². The molecule has 1 aromatic carbocycles. The number of hydrogen-bond acceptors (Lipinski definition) is 2. The molecule has 0 aliphatic heterocycles. The summed E-state index contributed by atoms with van der Waals surface area (Å²) in [6, 6.07) is 5.66. The minimum absolute atomic E-state index is 0.0702. The molecule has 74 valence electrons. The first kappa shape index (κ1) is 9.28. The summed E-state index contributed by atoms with van der Waals surface area (Å²) < 4.78 is 0. The van der Waals surface area contributed by atoms with Gasteiger partial charge in [0.1, 0.15) is 5.52 Å². The first-order valence-electron chi connectivity index (χ1n) is 4.46. The quantitative estimate of drug-likeness (QED) is 0.666. The predicted octanol–water partition coefficient (Wildman–Crippen LogP) is 0.790. The Morgan fingerprint density at radius 3 is 3.20 bits per heavy atom. The number of hydrogen-bond donors (Lipinski definition) is 2. The molecular formula is C11H9N3O. The largest absolute Gasteiger partial charge is 0.369 e. The van der Waals surface area contributed by atoms with Crippen LogP contribution >= 0.6 is 0 Å². The number of amides is 1. The van der Waals surface area contributed by atoms with E-state index in [0.29, 0.717) is 0 Å². The van der Waals surface area contributed by atoms with E-state index in [4.69, 9.17) is 5.73 Å². The van der Waals surface area contributed by atoms with Crippen molar-refractivity contribution in [2.75, 3.05) is 0 Å². The fraction of sp³-hybridized carbons (Fsp3) is 0.0909. The zero-order chi connectivity index (χ0) is 10.7. The average Bonchev–Trinajstić information content (AvgIpc) is 2.65. The molecule has 0 radical (unpaired) electrons. The minimum Gasteiger partial charge on any atom is -0.369 e. The third-order valence-electron chi connectivity index (χ3n) is 1.94. The van der Waals surface area contributed by atoms with Crippen LogP contribution in [0.2, 0.25) is 0 Å². The summed E-state index contributed by atoms with van der Waals surface area (Å²) in [4.78, 5) is 17.6. The number of nitrogens with zero attached hydrogens (tertiary/aromatic N) is 1. The van der Waals surface area contributed by atoms with Gasteiger partial charge in [0.2, 0.25) is 5.91 Å². The summed E-state index contributed by atoms with van der Waals surface area (Å²) in [6.45, 7) is 0. The molecule has 0 aliphatic rings. The van der Waals surface area contributed by atoms with Crippen molar-refractivity contribution in [3.63, 3.8) is 0 Å². The third-order valence-corrected chi connectivity index (χ3v) is 1.94. The predicted molar refractivity (Wildman–Crippen MR) is 56.8 cm³/mol. The lowest BCUT2D eigenvalue weighted by atomic mass is 10.2. The van der Waals surface area contributed by atoms with Gasteiger partial charge in [0.15, 0.2) is 0 Å². The maximum Gasteiger partial charge on any atom is 0.229 e. The topological polar surface area (TPSA) is 71.8 Å². The number of aromatic amines is 1. The second-order valence-electron chi connectivity index (χ2n) is 3.05. The van der Waals surface area contributed by atoms with Gasteiger partial charge in [-0.2, -0.15) is 0 Å². The Kier molecular flexibility index (Phi) is 2.38. The van der Waals surface area contributed by atoms with Gasteiger partial charge in [0.05, 0.1) is 23.8 Å². The molecule has 4 heteroatoms. The van der Waals surface area contributed by atoms with Gasteiger partial charge in [-0.3, -0.25) is 4.79 Å². The van der Waals surface area contributed by atoms with E-state index in [9.17, 15) is 4.79 Å². The van der Waals surface area contributed by atoms with Gasteiger partial charge in [0, 0.05) is 0 Å². The van der Waals surface area contributed by atoms with Gasteiger partial charge in [0.25, 0.3) is 0 Å². The van der Waals surface area contributed by atoms with Crippen molar-refractivity contribution in [1.29, 1.82) is 0 Å². The van der Waals surface area contributed by atoms with E-state index in [0.717, 1.165) is 16.6 Å². The number of primary amides is 1.